The summed E-state index contributed by atoms with van der Waals surface area (Å²) in [6, 6.07) is 7.54. The van der Waals surface area contributed by atoms with Gasteiger partial charge in [-0.2, -0.15) is 0 Å². The van der Waals surface area contributed by atoms with Crippen molar-refractivity contribution < 1.29 is 14.6 Å². The Kier molecular flexibility index (Phi) is 11.7. The van der Waals surface area contributed by atoms with E-state index >= 15 is 0 Å². The summed E-state index contributed by atoms with van der Waals surface area (Å²) in [7, 11) is 1.50. The second kappa shape index (κ2) is 12.3. The van der Waals surface area contributed by atoms with Crippen LogP contribution in [0.5, 0.6) is 0 Å². The van der Waals surface area contributed by atoms with Crippen LogP contribution in [0.1, 0.15) is 25.8 Å². The van der Waals surface area contributed by atoms with Gasteiger partial charge in [0.05, 0.1) is 6.61 Å². The van der Waals surface area contributed by atoms with Crippen molar-refractivity contribution in [3.05, 3.63) is 29.8 Å². The molecule has 1 saturated heterocycles. The van der Waals surface area contributed by atoms with Gasteiger partial charge in [-0.25, -0.2) is 0 Å². The Bertz CT molecular complexity index is 427. The molecular weight excluding hydrogens is 300 g/mol. The average Bonchev–Trinajstić information content (AvgIpc) is 3.02. The molecule has 0 radical (unpaired) electrons. The number of aliphatic hydroxyl groups excluding tert-OH is 1. The van der Waals surface area contributed by atoms with Gasteiger partial charge in [-0.05, 0) is 39.4 Å². The monoisotopic (exact) mass is 326 g/mol. The minimum Gasteiger partial charge on any atom is -0.394 e. The number of nitrogens with two attached hydrogens (primary N) is 1. The van der Waals surface area contributed by atoms with Crippen LogP contribution in [-0.4, -0.2) is 48.7 Å². The van der Waals surface area contributed by atoms with Crippen molar-refractivity contribution >= 4 is 23.8 Å². The van der Waals surface area contributed by atoms with Crippen LogP contribution in [0.4, 0.5) is 0 Å². The molecule has 22 heavy (non-hydrogen) atoms. The van der Waals surface area contributed by atoms with Gasteiger partial charge in [0.25, 0.3) is 0 Å². The highest BCUT2D eigenvalue weighted by molar-refractivity contribution is 8.00. The highest BCUT2D eigenvalue weighted by atomic mass is 32.2. The van der Waals surface area contributed by atoms with E-state index in [4.69, 9.17) is 15.3 Å². The van der Waals surface area contributed by atoms with Crippen molar-refractivity contribution in [3.8, 4) is 0 Å². The third-order valence-corrected chi connectivity index (χ3v) is 3.72. The Labute approximate surface area is 136 Å². The largest absolute Gasteiger partial charge is 0.394 e. The van der Waals surface area contributed by atoms with Crippen LogP contribution in [0.25, 0.3) is 0 Å². The summed E-state index contributed by atoms with van der Waals surface area (Å²) in [5, 5.41) is 16.0. The Morgan fingerprint density at radius 1 is 1.41 bits per heavy atom. The van der Waals surface area contributed by atoms with E-state index in [1.807, 2.05) is 24.3 Å². The minimum atomic E-state index is -0.167. The maximum atomic E-state index is 10.4. The predicted octanol–water partition coefficient (Wildman–Crippen LogP) is 2.10. The SMILES string of the molecule is CC(C)O.CN.N=C(C=O)c1ccc(SC2CCOC2)cc1. The third kappa shape index (κ3) is 8.94. The molecule has 124 valence electrons. The molecule has 1 heterocycles. The van der Waals surface area contributed by atoms with Crippen molar-refractivity contribution in [2.75, 3.05) is 20.3 Å². The van der Waals surface area contributed by atoms with Crippen LogP contribution in [0, 0.1) is 5.41 Å². The van der Waals surface area contributed by atoms with Gasteiger partial charge in [0.2, 0.25) is 0 Å². The first-order valence-corrected chi connectivity index (χ1v) is 8.05. The number of hydrogen-bond donors (Lipinski definition) is 3. The van der Waals surface area contributed by atoms with Crippen LogP contribution in [0.15, 0.2) is 29.2 Å². The summed E-state index contributed by atoms with van der Waals surface area (Å²) in [6.45, 7) is 5.11. The summed E-state index contributed by atoms with van der Waals surface area (Å²) in [6.07, 6.45) is 1.49. The molecule has 0 spiro atoms. The summed E-state index contributed by atoms with van der Waals surface area (Å²) < 4.78 is 5.31. The van der Waals surface area contributed by atoms with Gasteiger partial charge in [0.15, 0.2) is 6.29 Å². The lowest BCUT2D eigenvalue weighted by Crippen LogP contribution is -2.01. The first-order valence-electron chi connectivity index (χ1n) is 7.17. The molecule has 0 amide bonds. The van der Waals surface area contributed by atoms with Crippen LogP contribution in [0.3, 0.4) is 0 Å². The first kappa shape index (κ1) is 20.8. The topological polar surface area (TPSA) is 96.4 Å². The van der Waals surface area contributed by atoms with E-state index in [2.05, 4.69) is 5.73 Å². The third-order valence-electron chi connectivity index (χ3n) is 2.47. The zero-order chi connectivity index (χ0) is 17.0. The molecule has 5 nitrogen and oxygen atoms in total. The molecule has 0 aliphatic carbocycles. The fourth-order valence-electron chi connectivity index (χ4n) is 1.58. The molecule has 2 rings (SSSR count). The molecule has 1 fully saturated rings. The molecule has 1 atom stereocenters. The molecule has 1 aromatic rings. The molecule has 0 aromatic heterocycles. The normalized spacial score (nSPS) is 16.2. The highest BCUT2D eigenvalue weighted by Crippen LogP contribution is 2.28. The van der Waals surface area contributed by atoms with Crippen LogP contribution in [0.2, 0.25) is 0 Å². The Morgan fingerprint density at radius 2 is 1.95 bits per heavy atom. The lowest BCUT2D eigenvalue weighted by Gasteiger charge is -2.07. The van der Waals surface area contributed by atoms with E-state index in [1.165, 1.54) is 7.05 Å². The number of ether oxygens (including phenoxy) is 1. The molecule has 1 aliphatic heterocycles. The maximum Gasteiger partial charge on any atom is 0.168 e. The Hall–Kier alpha value is -1.21. The van der Waals surface area contributed by atoms with Crippen molar-refractivity contribution in [1.82, 2.24) is 0 Å². The number of aldehydes is 1. The number of nitrogens with one attached hydrogen (secondary N) is 1. The van der Waals surface area contributed by atoms with Crippen LogP contribution >= 0.6 is 11.8 Å². The smallest absolute Gasteiger partial charge is 0.168 e. The number of carbonyl (C=O) groups is 1. The van der Waals surface area contributed by atoms with E-state index in [-0.39, 0.29) is 11.8 Å². The highest BCUT2D eigenvalue weighted by Gasteiger charge is 2.16. The first-order chi connectivity index (χ1) is 10.5. The van der Waals surface area contributed by atoms with Crippen molar-refractivity contribution in [3.63, 3.8) is 0 Å². The van der Waals surface area contributed by atoms with E-state index in [0.717, 1.165) is 24.5 Å². The lowest BCUT2D eigenvalue weighted by molar-refractivity contribution is -0.102. The zero-order valence-electron chi connectivity index (χ0n) is 13.4. The molecule has 4 N–H and O–H groups in total. The second-order valence-electron chi connectivity index (χ2n) is 4.75. The van der Waals surface area contributed by atoms with E-state index < -0.39 is 0 Å². The second-order valence-corrected chi connectivity index (χ2v) is 6.13. The van der Waals surface area contributed by atoms with Gasteiger partial charge < -0.3 is 15.6 Å². The number of hydrogen-bond acceptors (Lipinski definition) is 6. The van der Waals surface area contributed by atoms with Crippen molar-refractivity contribution in [2.45, 2.75) is 36.5 Å². The van der Waals surface area contributed by atoms with E-state index in [0.29, 0.717) is 17.1 Å². The van der Waals surface area contributed by atoms with E-state index in [9.17, 15) is 4.79 Å². The van der Waals surface area contributed by atoms with Gasteiger partial charge >= 0.3 is 0 Å². The average molecular weight is 326 g/mol. The molecule has 1 unspecified atom stereocenters. The fraction of sp³-hybridized carbons (Fsp3) is 0.500. The van der Waals surface area contributed by atoms with Gasteiger partial charge in [0.1, 0.15) is 5.71 Å². The van der Waals surface area contributed by atoms with Gasteiger partial charge in [0, 0.05) is 28.4 Å². The summed E-state index contributed by atoms with van der Waals surface area (Å²) in [5.74, 6) is 0. The summed E-state index contributed by atoms with van der Waals surface area (Å²) in [5.41, 5.74) is 5.20. The molecule has 1 aromatic carbocycles. The standard InChI is InChI=1S/C12H13NO2S.C3H8O.CH5N/c13-12(7-14)9-1-3-10(4-2-9)16-11-5-6-15-8-11;1-3(2)4;1-2/h1-4,7,11,13H,5-6,8H2;3-4H,1-2H3;2H2,1H3. The van der Waals surface area contributed by atoms with E-state index in [1.54, 1.807) is 25.6 Å². The Balaban J connectivity index is 0.000000640. The van der Waals surface area contributed by atoms with Gasteiger partial charge in [-0.15, -0.1) is 11.8 Å². The number of thioether (sulfide) groups is 1. The Morgan fingerprint density at radius 3 is 2.36 bits per heavy atom. The zero-order valence-corrected chi connectivity index (χ0v) is 14.2. The number of benzene rings is 1. The van der Waals surface area contributed by atoms with Crippen LogP contribution < -0.4 is 5.73 Å². The lowest BCUT2D eigenvalue weighted by atomic mass is 10.1. The summed E-state index contributed by atoms with van der Waals surface area (Å²) >= 11 is 1.80. The molecule has 0 saturated carbocycles. The quantitative estimate of drug-likeness (QED) is 0.581. The van der Waals surface area contributed by atoms with Gasteiger partial charge in [-0.3, -0.25) is 10.2 Å². The number of aliphatic hydroxyl groups is 1. The summed E-state index contributed by atoms with van der Waals surface area (Å²) in [4.78, 5) is 11.6. The van der Waals surface area contributed by atoms with Crippen LogP contribution in [-0.2, 0) is 9.53 Å². The molecule has 0 bridgehead atoms. The number of carbonyl (C=O) groups excluding carboxylic acids is 1. The minimum absolute atomic E-state index is 0.0285. The molecular formula is C16H26N2O3S. The van der Waals surface area contributed by atoms with Crippen molar-refractivity contribution in [2.24, 2.45) is 5.73 Å². The molecule has 6 heteroatoms. The molecule has 1 aliphatic rings. The maximum absolute atomic E-state index is 10.4. The van der Waals surface area contributed by atoms with Crippen molar-refractivity contribution in [1.29, 1.82) is 5.41 Å². The number of rotatable bonds is 4. The van der Waals surface area contributed by atoms with Gasteiger partial charge in [-0.1, -0.05) is 12.1 Å². The fourth-order valence-corrected chi connectivity index (χ4v) is 2.64. The predicted molar refractivity (Wildman–Crippen MR) is 91.9 cm³/mol.